The van der Waals surface area contributed by atoms with Crippen molar-refractivity contribution >= 4 is 11.8 Å². The minimum Gasteiger partial charge on any atom is -0.467 e. The second kappa shape index (κ2) is 6.38. The highest BCUT2D eigenvalue weighted by atomic mass is 16.3. The summed E-state index contributed by atoms with van der Waals surface area (Å²) in [5.74, 6) is 1.52. The molecule has 0 radical (unpaired) electrons. The number of amides is 2. The third-order valence-electron chi connectivity index (χ3n) is 4.97. The molecule has 1 saturated heterocycles. The van der Waals surface area contributed by atoms with Crippen LogP contribution in [0.3, 0.4) is 0 Å². The highest BCUT2D eigenvalue weighted by Crippen LogP contribution is 2.22. The fourth-order valence-corrected chi connectivity index (χ4v) is 3.71. The molecule has 2 aromatic rings. The zero-order valence-corrected chi connectivity index (χ0v) is 14.3. The van der Waals surface area contributed by atoms with Crippen LogP contribution in [-0.4, -0.2) is 38.9 Å². The number of nitrogens with one attached hydrogen (secondary N) is 1. The molecule has 0 unspecified atom stereocenters. The largest absolute Gasteiger partial charge is 0.467 e. The molecule has 0 spiro atoms. The third kappa shape index (κ3) is 3.31. The van der Waals surface area contributed by atoms with E-state index in [9.17, 15) is 9.59 Å². The number of furan rings is 1. The van der Waals surface area contributed by atoms with Gasteiger partial charge in [0.05, 0.1) is 24.4 Å². The lowest BCUT2D eigenvalue weighted by Gasteiger charge is -2.25. The highest BCUT2D eigenvalue weighted by Gasteiger charge is 2.35. The monoisotopic (exact) mass is 342 g/mol. The Labute approximate surface area is 146 Å². The molecule has 4 rings (SSSR count). The number of hydrogen-bond acceptors (Lipinski definition) is 4. The predicted octanol–water partition coefficient (Wildman–Crippen LogP) is 1.26. The van der Waals surface area contributed by atoms with E-state index in [2.05, 4.69) is 14.9 Å². The number of rotatable bonds is 4. The molecule has 1 N–H and O–H groups in total. The van der Waals surface area contributed by atoms with Crippen LogP contribution in [0.1, 0.15) is 30.1 Å². The van der Waals surface area contributed by atoms with Gasteiger partial charge < -0.3 is 19.2 Å². The van der Waals surface area contributed by atoms with Crippen LogP contribution < -0.4 is 5.32 Å². The topological polar surface area (TPSA) is 80.4 Å². The van der Waals surface area contributed by atoms with Crippen molar-refractivity contribution in [1.82, 2.24) is 19.8 Å². The quantitative estimate of drug-likeness (QED) is 0.907. The molecule has 2 atom stereocenters. The smallest absolute Gasteiger partial charge is 0.225 e. The Kier molecular flexibility index (Phi) is 4.07. The van der Waals surface area contributed by atoms with Crippen LogP contribution in [0.15, 0.2) is 29.0 Å². The molecular weight excluding hydrogens is 320 g/mol. The van der Waals surface area contributed by atoms with Gasteiger partial charge in [0.25, 0.3) is 0 Å². The Morgan fingerprint density at radius 1 is 1.44 bits per heavy atom. The molecule has 2 aliphatic heterocycles. The summed E-state index contributed by atoms with van der Waals surface area (Å²) < 4.78 is 7.41. The van der Waals surface area contributed by atoms with Crippen molar-refractivity contribution in [2.75, 3.05) is 6.54 Å². The van der Waals surface area contributed by atoms with E-state index in [0.29, 0.717) is 13.1 Å². The average Bonchev–Trinajstić information content (AvgIpc) is 3.28. The summed E-state index contributed by atoms with van der Waals surface area (Å²) in [6, 6.07) is 3.74. The second-order valence-electron chi connectivity index (χ2n) is 6.95. The Balaban J connectivity index is 1.33. The minimum absolute atomic E-state index is 0.00714. The van der Waals surface area contributed by atoms with Gasteiger partial charge in [-0.1, -0.05) is 0 Å². The van der Waals surface area contributed by atoms with Gasteiger partial charge in [-0.25, -0.2) is 4.98 Å². The molecule has 1 fully saturated rings. The van der Waals surface area contributed by atoms with Crippen molar-refractivity contribution in [2.24, 2.45) is 5.92 Å². The lowest BCUT2D eigenvalue weighted by atomic mass is 10.0. The molecule has 2 amide bonds. The fourth-order valence-electron chi connectivity index (χ4n) is 3.71. The fraction of sp³-hybridized carbons (Fsp3) is 0.500. The van der Waals surface area contributed by atoms with Gasteiger partial charge in [-0.3, -0.25) is 9.59 Å². The van der Waals surface area contributed by atoms with E-state index in [1.54, 1.807) is 17.2 Å². The van der Waals surface area contributed by atoms with E-state index >= 15 is 0 Å². The Morgan fingerprint density at radius 2 is 2.32 bits per heavy atom. The van der Waals surface area contributed by atoms with Gasteiger partial charge in [0.2, 0.25) is 11.8 Å². The number of aromatic nitrogens is 2. The number of carbonyl (C=O) groups excluding carboxylic acids is 2. The first-order chi connectivity index (χ1) is 12.1. The number of fused-ring (bicyclic) bond motifs is 1. The number of likely N-dealkylation sites (tertiary alicyclic amines) is 1. The van der Waals surface area contributed by atoms with Crippen LogP contribution in [0.5, 0.6) is 0 Å². The zero-order chi connectivity index (χ0) is 17.4. The van der Waals surface area contributed by atoms with E-state index in [4.69, 9.17) is 4.42 Å². The maximum atomic E-state index is 12.6. The van der Waals surface area contributed by atoms with Crippen LogP contribution in [0, 0.1) is 12.8 Å². The van der Waals surface area contributed by atoms with E-state index in [1.165, 1.54) is 0 Å². The summed E-state index contributed by atoms with van der Waals surface area (Å²) in [4.78, 5) is 30.9. The molecule has 0 saturated carbocycles. The summed E-state index contributed by atoms with van der Waals surface area (Å²) in [5, 5.41) is 3.12. The van der Waals surface area contributed by atoms with Crippen LogP contribution in [0.2, 0.25) is 0 Å². The first-order valence-electron chi connectivity index (χ1n) is 8.71. The van der Waals surface area contributed by atoms with E-state index in [1.807, 2.05) is 19.2 Å². The van der Waals surface area contributed by atoms with Gasteiger partial charge in [0.1, 0.15) is 11.6 Å². The van der Waals surface area contributed by atoms with Gasteiger partial charge in [0.15, 0.2) is 0 Å². The Morgan fingerprint density at radius 3 is 3.12 bits per heavy atom. The first kappa shape index (κ1) is 15.9. The number of nitrogens with zero attached hydrogens (tertiary/aromatic N) is 3. The molecule has 7 nitrogen and oxygen atoms in total. The van der Waals surface area contributed by atoms with Gasteiger partial charge in [-0.2, -0.15) is 0 Å². The van der Waals surface area contributed by atoms with Crippen LogP contribution >= 0.6 is 0 Å². The molecule has 7 heteroatoms. The molecule has 0 aliphatic carbocycles. The maximum Gasteiger partial charge on any atom is 0.225 e. The van der Waals surface area contributed by atoms with Gasteiger partial charge >= 0.3 is 0 Å². The number of imidazole rings is 1. The molecular formula is C18H22N4O3. The van der Waals surface area contributed by atoms with Crippen molar-refractivity contribution in [3.05, 3.63) is 41.9 Å². The molecule has 2 aliphatic rings. The summed E-state index contributed by atoms with van der Waals surface area (Å²) in [5.41, 5.74) is 1.01. The lowest BCUT2D eigenvalue weighted by Crippen LogP contribution is -2.44. The Bertz CT molecular complexity index is 780. The second-order valence-corrected chi connectivity index (χ2v) is 6.95. The predicted molar refractivity (Wildman–Crippen MR) is 89.4 cm³/mol. The van der Waals surface area contributed by atoms with Crippen LogP contribution in [0.4, 0.5) is 0 Å². The third-order valence-corrected chi connectivity index (χ3v) is 4.97. The van der Waals surface area contributed by atoms with Crippen molar-refractivity contribution in [2.45, 2.75) is 45.3 Å². The first-order valence-corrected chi connectivity index (χ1v) is 8.71. The number of hydrogen-bond donors (Lipinski definition) is 1. The van der Waals surface area contributed by atoms with Gasteiger partial charge in [0, 0.05) is 38.2 Å². The minimum atomic E-state index is -0.284. The van der Waals surface area contributed by atoms with Crippen molar-refractivity contribution in [3.63, 3.8) is 0 Å². The molecule has 0 bridgehead atoms. The van der Waals surface area contributed by atoms with Crippen LogP contribution in [0.25, 0.3) is 0 Å². The highest BCUT2D eigenvalue weighted by molar-refractivity contribution is 5.89. The number of carbonyl (C=O) groups is 2. The molecule has 0 aromatic carbocycles. The van der Waals surface area contributed by atoms with Gasteiger partial charge in [-0.15, -0.1) is 0 Å². The van der Waals surface area contributed by atoms with Crippen molar-refractivity contribution < 1.29 is 14.0 Å². The number of aryl methyl sites for hydroxylation is 2. The molecule has 2 aromatic heterocycles. The van der Waals surface area contributed by atoms with Crippen molar-refractivity contribution in [1.29, 1.82) is 0 Å². The average molecular weight is 342 g/mol. The van der Waals surface area contributed by atoms with E-state index < -0.39 is 0 Å². The summed E-state index contributed by atoms with van der Waals surface area (Å²) in [6.07, 6.45) is 5.65. The molecule has 25 heavy (non-hydrogen) atoms. The SMILES string of the molecule is Cc1cn2c(n1)CC[C@H](NC(=O)[C@@H]1CC(=O)N(Cc3ccco3)C1)C2. The molecule has 4 heterocycles. The summed E-state index contributed by atoms with van der Waals surface area (Å²) in [6.45, 7) is 3.61. The van der Waals surface area contributed by atoms with Crippen molar-refractivity contribution in [3.8, 4) is 0 Å². The molecule has 132 valence electrons. The normalized spacial score (nSPS) is 22.9. The van der Waals surface area contributed by atoms with E-state index in [-0.39, 0.29) is 30.2 Å². The van der Waals surface area contributed by atoms with Gasteiger partial charge in [-0.05, 0) is 25.5 Å². The van der Waals surface area contributed by atoms with Crippen LogP contribution in [-0.2, 0) is 29.1 Å². The Hall–Kier alpha value is -2.57. The maximum absolute atomic E-state index is 12.6. The zero-order valence-electron chi connectivity index (χ0n) is 14.3. The lowest BCUT2D eigenvalue weighted by molar-refractivity contribution is -0.129. The van der Waals surface area contributed by atoms with E-state index in [0.717, 1.165) is 36.7 Å². The standard InChI is InChI=1S/C18H22N4O3/c1-12-8-21-10-14(4-5-16(21)19-12)20-18(24)13-7-17(23)22(9-13)11-15-3-2-6-25-15/h2-3,6,8,13-14H,4-5,7,9-11H2,1H3,(H,20,24)/t13-,14+/m1/s1. The summed E-state index contributed by atoms with van der Waals surface area (Å²) >= 11 is 0. The summed E-state index contributed by atoms with van der Waals surface area (Å²) in [7, 11) is 0.